The van der Waals surface area contributed by atoms with E-state index in [1.54, 1.807) is 0 Å². The maximum atomic E-state index is 5.97. The highest BCUT2D eigenvalue weighted by Crippen LogP contribution is 2.29. The Kier molecular flexibility index (Phi) is 4.04. The lowest BCUT2D eigenvalue weighted by Gasteiger charge is -2.14. The first-order valence-corrected chi connectivity index (χ1v) is 6.82. The monoisotopic (exact) mass is 286 g/mol. The van der Waals surface area contributed by atoms with Crippen LogP contribution in [0.15, 0.2) is 24.3 Å². The van der Waals surface area contributed by atoms with E-state index in [4.69, 9.17) is 22.7 Å². The van der Waals surface area contributed by atoms with E-state index in [0.29, 0.717) is 16.4 Å². The van der Waals surface area contributed by atoms with Crippen LogP contribution in [-0.4, -0.2) is 9.97 Å². The Morgan fingerprint density at radius 2 is 1.80 bits per heavy atom. The third-order valence-corrected chi connectivity index (χ3v) is 3.31. The largest absolute Gasteiger partial charge is 0.438 e. The highest BCUT2D eigenvalue weighted by Gasteiger charge is 2.14. The van der Waals surface area contributed by atoms with Gasteiger partial charge in [0.15, 0.2) is 0 Å². The maximum absolute atomic E-state index is 5.97. The SMILES string of the molecule is Cc1ccc(C)c(Oc2nc(C)cc(C)c2C(N)=S)c1. The van der Waals surface area contributed by atoms with E-state index in [1.165, 1.54) is 0 Å². The van der Waals surface area contributed by atoms with E-state index < -0.39 is 0 Å². The zero-order chi connectivity index (χ0) is 14.9. The molecule has 2 aromatic rings. The summed E-state index contributed by atoms with van der Waals surface area (Å²) in [5.74, 6) is 1.25. The summed E-state index contributed by atoms with van der Waals surface area (Å²) in [4.78, 5) is 4.73. The van der Waals surface area contributed by atoms with Crippen LogP contribution < -0.4 is 10.5 Å². The van der Waals surface area contributed by atoms with Crippen molar-refractivity contribution in [3.8, 4) is 11.6 Å². The highest BCUT2D eigenvalue weighted by molar-refractivity contribution is 7.80. The molecule has 0 saturated carbocycles. The number of pyridine rings is 1. The van der Waals surface area contributed by atoms with Gasteiger partial charge in [0.1, 0.15) is 10.7 Å². The Balaban J connectivity index is 2.53. The second-order valence-electron chi connectivity index (χ2n) is 5.00. The average molecular weight is 286 g/mol. The number of thiocarbonyl (C=S) groups is 1. The van der Waals surface area contributed by atoms with Gasteiger partial charge in [0.25, 0.3) is 0 Å². The van der Waals surface area contributed by atoms with E-state index in [9.17, 15) is 0 Å². The van der Waals surface area contributed by atoms with Crippen molar-refractivity contribution in [1.29, 1.82) is 0 Å². The fraction of sp³-hybridized carbons (Fsp3) is 0.250. The minimum Gasteiger partial charge on any atom is -0.438 e. The van der Waals surface area contributed by atoms with Crippen LogP contribution >= 0.6 is 12.2 Å². The third-order valence-electron chi connectivity index (χ3n) is 3.11. The quantitative estimate of drug-likeness (QED) is 0.873. The van der Waals surface area contributed by atoms with E-state index in [2.05, 4.69) is 4.98 Å². The molecule has 0 amide bonds. The van der Waals surface area contributed by atoms with Crippen LogP contribution in [0.2, 0.25) is 0 Å². The Morgan fingerprint density at radius 1 is 1.10 bits per heavy atom. The van der Waals surface area contributed by atoms with Crippen molar-refractivity contribution in [2.24, 2.45) is 5.73 Å². The van der Waals surface area contributed by atoms with Crippen molar-refractivity contribution in [2.75, 3.05) is 0 Å². The van der Waals surface area contributed by atoms with Gasteiger partial charge in [-0.15, -0.1) is 0 Å². The standard InChI is InChI=1S/C16H18N2OS/c1-9-5-6-10(2)13(7-9)19-16-14(15(17)20)11(3)8-12(4)18-16/h5-8H,1-4H3,(H2,17,20). The average Bonchev–Trinajstić information content (AvgIpc) is 2.32. The molecule has 0 aliphatic rings. The van der Waals surface area contributed by atoms with Gasteiger partial charge >= 0.3 is 0 Å². The highest BCUT2D eigenvalue weighted by atomic mass is 32.1. The van der Waals surface area contributed by atoms with Crippen molar-refractivity contribution in [2.45, 2.75) is 27.7 Å². The zero-order valence-electron chi connectivity index (χ0n) is 12.2. The molecule has 1 aromatic heterocycles. The minimum atomic E-state index is 0.301. The second-order valence-corrected chi connectivity index (χ2v) is 5.44. The number of rotatable bonds is 3. The van der Waals surface area contributed by atoms with Crippen LogP contribution in [0, 0.1) is 27.7 Å². The maximum Gasteiger partial charge on any atom is 0.229 e. The molecule has 1 heterocycles. The molecule has 0 radical (unpaired) electrons. The third kappa shape index (κ3) is 2.96. The molecule has 0 bridgehead atoms. The predicted molar refractivity (Wildman–Crippen MR) is 85.6 cm³/mol. The molecule has 0 fully saturated rings. The van der Waals surface area contributed by atoms with Crippen molar-refractivity contribution in [3.63, 3.8) is 0 Å². The van der Waals surface area contributed by atoms with Crippen molar-refractivity contribution in [3.05, 3.63) is 52.2 Å². The fourth-order valence-electron chi connectivity index (χ4n) is 2.10. The molecule has 0 unspecified atom stereocenters. The van der Waals surface area contributed by atoms with Crippen LogP contribution in [0.3, 0.4) is 0 Å². The van der Waals surface area contributed by atoms with Gasteiger partial charge in [0.05, 0.1) is 5.56 Å². The number of benzene rings is 1. The molecule has 20 heavy (non-hydrogen) atoms. The number of hydrogen-bond acceptors (Lipinski definition) is 3. The van der Waals surface area contributed by atoms with Crippen molar-refractivity contribution < 1.29 is 4.74 Å². The number of nitrogens with two attached hydrogens (primary N) is 1. The number of hydrogen-bond donors (Lipinski definition) is 1. The Bertz CT molecular complexity index is 680. The molecular weight excluding hydrogens is 268 g/mol. The van der Waals surface area contributed by atoms with Gasteiger partial charge in [-0.2, -0.15) is 0 Å². The first-order chi connectivity index (χ1) is 9.38. The lowest BCUT2D eigenvalue weighted by atomic mass is 10.1. The summed E-state index contributed by atoms with van der Waals surface area (Å²) in [6.45, 7) is 7.90. The van der Waals surface area contributed by atoms with Gasteiger partial charge in [-0.1, -0.05) is 24.4 Å². The molecule has 2 N–H and O–H groups in total. The molecular formula is C16H18N2OS. The summed E-state index contributed by atoms with van der Waals surface area (Å²) in [5, 5.41) is 0. The molecule has 1 aromatic carbocycles. The van der Waals surface area contributed by atoms with Crippen molar-refractivity contribution in [1.82, 2.24) is 4.98 Å². The Morgan fingerprint density at radius 3 is 2.45 bits per heavy atom. The molecule has 0 atom stereocenters. The van der Waals surface area contributed by atoms with E-state index in [0.717, 1.165) is 28.1 Å². The normalized spacial score (nSPS) is 10.4. The van der Waals surface area contributed by atoms with Gasteiger partial charge in [-0.05, 0) is 56.5 Å². The lowest BCUT2D eigenvalue weighted by molar-refractivity contribution is 0.456. The predicted octanol–water partition coefficient (Wildman–Crippen LogP) is 3.74. The number of ether oxygens (including phenoxy) is 1. The van der Waals surface area contributed by atoms with Crippen LogP contribution in [0.5, 0.6) is 11.6 Å². The second kappa shape index (κ2) is 5.59. The molecule has 2 rings (SSSR count). The smallest absolute Gasteiger partial charge is 0.229 e. The Labute approximate surface area is 124 Å². The minimum absolute atomic E-state index is 0.301. The number of aryl methyl sites for hydroxylation is 4. The summed E-state index contributed by atoms with van der Waals surface area (Å²) in [6, 6.07) is 8.00. The van der Waals surface area contributed by atoms with Crippen LogP contribution in [0.1, 0.15) is 27.9 Å². The molecule has 0 saturated heterocycles. The molecule has 3 nitrogen and oxygen atoms in total. The van der Waals surface area contributed by atoms with Crippen LogP contribution in [0.4, 0.5) is 0 Å². The molecule has 104 valence electrons. The van der Waals surface area contributed by atoms with Crippen molar-refractivity contribution >= 4 is 17.2 Å². The van der Waals surface area contributed by atoms with E-state index in [1.807, 2.05) is 52.0 Å². The van der Waals surface area contributed by atoms with Gasteiger partial charge < -0.3 is 10.5 Å². The summed E-state index contributed by atoms with van der Waals surface area (Å²) in [5.41, 5.74) is 10.5. The molecule has 0 aliphatic heterocycles. The van der Waals surface area contributed by atoms with E-state index >= 15 is 0 Å². The van der Waals surface area contributed by atoms with Gasteiger partial charge in [-0.3, -0.25) is 0 Å². The van der Waals surface area contributed by atoms with Crippen LogP contribution in [0.25, 0.3) is 0 Å². The number of nitrogens with zero attached hydrogens (tertiary/aromatic N) is 1. The summed E-state index contributed by atoms with van der Waals surface area (Å²) < 4.78 is 5.97. The zero-order valence-corrected chi connectivity index (χ0v) is 13.0. The first-order valence-electron chi connectivity index (χ1n) is 6.41. The summed E-state index contributed by atoms with van der Waals surface area (Å²) in [7, 11) is 0. The summed E-state index contributed by atoms with van der Waals surface area (Å²) in [6.07, 6.45) is 0. The van der Waals surface area contributed by atoms with Gasteiger partial charge in [0, 0.05) is 5.69 Å². The molecule has 0 spiro atoms. The Hall–Kier alpha value is -1.94. The van der Waals surface area contributed by atoms with Gasteiger partial charge in [0.2, 0.25) is 5.88 Å². The topological polar surface area (TPSA) is 48.1 Å². The lowest BCUT2D eigenvalue weighted by Crippen LogP contribution is -2.14. The first kappa shape index (κ1) is 14.5. The fourth-order valence-corrected chi connectivity index (χ4v) is 2.35. The van der Waals surface area contributed by atoms with Gasteiger partial charge in [-0.25, -0.2) is 4.98 Å². The molecule has 4 heteroatoms. The summed E-state index contributed by atoms with van der Waals surface area (Å²) >= 11 is 5.11. The molecule has 0 aliphatic carbocycles. The van der Waals surface area contributed by atoms with Crippen LogP contribution in [-0.2, 0) is 0 Å². The van der Waals surface area contributed by atoms with E-state index in [-0.39, 0.29) is 0 Å². The number of aromatic nitrogens is 1.